The van der Waals surface area contributed by atoms with E-state index in [0.717, 1.165) is 17.1 Å². The highest BCUT2D eigenvalue weighted by atomic mass is 35.5. The Bertz CT molecular complexity index is 623. The number of hydrogen-bond acceptors (Lipinski definition) is 5. The molecule has 6 heteroatoms. The summed E-state index contributed by atoms with van der Waals surface area (Å²) in [5, 5.41) is 0.718. The summed E-state index contributed by atoms with van der Waals surface area (Å²) in [6, 6.07) is 9.48. The van der Waals surface area contributed by atoms with E-state index in [1.165, 1.54) is 0 Å². The molecule has 0 N–H and O–H groups in total. The molecule has 0 spiro atoms. The molecule has 0 amide bonds. The summed E-state index contributed by atoms with van der Waals surface area (Å²) in [5.74, 6) is 1.20. The third-order valence-corrected chi connectivity index (χ3v) is 3.77. The van der Waals surface area contributed by atoms with Crippen molar-refractivity contribution in [1.82, 2.24) is 9.97 Å². The number of hydrogen-bond donors (Lipinski definition) is 0. The van der Waals surface area contributed by atoms with Gasteiger partial charge in [-0.2, -0.15) is 4.98 Å². The predicted octanol–water partition coefficient (Wildman–Crippen LogP) is 2.72. The number of morpholine rings is 1. The Hall–Kier alpha value is -1.85. The minimum absolute atomic E-state index is 0.0812. The normalized spacial score (nSPS) is 18.6. The fourth-order valence-electron chi connectivity index (χ4n) is 2.35. The molecule has 5 nitrogen and oxygen atoms in total. The zero-order chi connectivity index (χ0) is 14.7. The number of rotatable bonds is 3. The number of methoxy groups -OCH3 is 1. The molecule has 0 saturated carbocycles. The summed E-state index contributed by atoms with van der Waals surface area (Å²) in [4.78, 5) is 10.8. The molecule has 0 aliphatic carbocycles. The summed E-state index contributed by atoms with van der Waals surface area (Å²) in [5.41, 5.74) is 0.992. The topological polar surface area (TPSA) is 47.5 Å². The maximum atomic E-state index is 6.25. The van der Waals surface area contributed by atoms with Crippen molar-refractivity contribution in [2.45, 2.75) is 6.10 Å². The van der Waals surface area contributed by atoms with Crippen molar-refractivity contribution in [2.75, 3.05) is 31.7 Å². The van der Waals surface area contributed by atoms with Gasteiger partial charge in [0.25, 0.3) is 0 Å². The molecule has 1 aromatic heterocycles. The standard InChI is InChI=1S/C15H16ClN3O2/c1-20-14-6-7-17-15(18-14)19-8-9-21-13(10-19)11-4-2-3-5-12(11)16/h2-7,13H,8-10H2,1H3. The highest BCUT2D eigenvalue weighted by Gasteiger charge is 2.25. The SMILES string of the molecule is COc1ccnc(N2CCOC(c3ccccc3Cl)C2)n1. The summed E-state index contributed by atoms with van der Waals surface area (Å²) in [6.07, 6.45) is 1.61. The Morgan fingerprint density at radius 2 is 2.19 bits per heavy atom. The van der Waals surface area contributed by atoms with Crippen LogP contribution in [0.2, 0.25) is 5.02 Å². The Labute approximate surface area is 128 Å². The zero-order valence-corrected chi connectivity index (χ0v) is 12.5. The van der Waals surface area contributed by atoms with Crippen LogP contribution in [-0.2, 0) is 4.74 Å². The van der Waals surface area contributed by atoms with Crippen molar-refractivity contribution in [3.63, 3.8) is 0 Å². The lowest BCUT2D eigenvalue weighted by atomic mass is 10.1. The van der Waals surface area contributed by atoms with Crippen LogP contribution < -0.4 is 9.64 Å². The molecular weight excluding hydrogens is 290 g/mol. The van der Waals surface area contributed by atoms with Gasteiger partial charge in [-0.1, -0.05) is 29.8 Å². The fourth-order valence-corrected chi connectivity index (χ4v) is 2.61. The number of anilines is 1. The van der Waals surface area contributed by atoms with Gasteiger partial charge in [-0.05, 0) is 6.07 Å². The smallest absolute Gasteiger partial charge is 0.228 e. The zero-order valence-electron chi connectivity index (χ0n) is 11.7. The molecule has 1 aliphatic rings. The molecule has 0 radical (unpaired) electrons. The highest BCUT2D eigenvalue weighted by Crippen LogP contribution is 2.29. The van der Waals surface area contributed by atoms with Crippen molar-refractivity contribution in [2.24, 2.45) is 0 Å². The van der Waals surface area contributed by atoms with E-state index in [2.05, 4.69) is 14.9 Å². The predicted molar refractivity (Wildman–Crippen MR) is 80.9 cm³/mol. The molecule has 1 unspecified atom stereocenters. The largest absolute Gasteiger partial charge is 0.481 e. The molecular formula is C15H16ClN3O2. The van der Waals surface area contributed by atoms with E-state index in [1.807, 2.05) is 24.3 Å². The average molecular weight is 306 g/mol. The van der Waals surface area contributed by atoms with E-state index < -0.39 is 0 Å². The third kappa shape index (κ3) is 3.09. The van der Waals surface area contributed by atoms with Gasteiger partial charge in [-0.15, -0.1) is 0 Å². The lowest BCUT2D eigenvalue weighted by Crippen LogP contribution is -2.39. The number of nitrogens with zero attached hydrogens (tertiary/aromatic N) is 3. The second-order valence-corrected chi connectivity index (χ2v) is 5.13. The van der Waals surface area contributed by atoms with Gasteiger partial charge in [-0.3, -0.25) is 0 Å². The molecule has 1 fully saturated rings. The molecule has 1 aromatic carbocycles. The van der Waals surface area contributed by atoms with Crippen molar-refractivity contribution in [3.05, 3.63) is 47.1 Å². The lowest BCUT2D eigenvalue weighted by molar-refractivity contribution is 0.0392. The van der Waals surface area contributed by atoms with E-state index in [0.29, 0.717) is 25.0 Å². The summed E-state index contributed by atoms with van der Waals surface area (Å²) < 4.78 is 11.0. The van der Waals surface area contributed by atoms with Gasteiger partial charge < -0.3 is 14.4 Å². The minimum atomic E-state index is -0.0812. The van der Waals surface area contributed by atoms with E-state index in [9.17, 15) is 0 Å². The summed E-state index contributed by atoms with van der Waals surface area (Å²) in [7, 11) is 1.60. The molecule has 2 aromatic rings. The van der Waals surface area contributed by atoms with Gasteiger partial charge in [0.05, 0.1) is 20.3 Å². The Kier molecular flexibility index (Phi) is 4.22. The lowest BCUT2D eigenvalue weighted by Gasteiger charge is -2.33. The van der Waals surface area contributed by atoms with Crippen LogP contribution in [0, 0.1) is 0 Å². The fraction of sp³-hybridized carbons (Fsp3) is 0.333. The van der Waals surface area contributed by atoms with Crippen molar-refractivity contribution in [3.8, 4) is 5.88 Å². The number of halogens is 1. The van der Waals surface area contributed by atoms with E-state index in [-0.39, 0.29) is 6.10 Å². The molecule has 110 valence electrons. The van der Waals surface area contributed by atoms with Crippen LogP contribution in [0.15, 0.2) is 36.5 Å². The van der Waals surface area contributed by atoms with Crippen LogP contribution in [0.1, 0.15) is 11.7 Å². The number of benzene rings is 1. The molecule has 1 atom stereocenters. The van der Waals surface area contributed by atoms with Gasteiger partial charge in [0.1, 0.15) is 6.10 Å². The maximum absolute atomic E-state index is 6.25. The first-order valence-corrected chi connectivity index (χ1v) is 7.14. The Balaban J connectivity index is 1.81. The van der Waals surface area contributed by atoms with Crippen LogP contribution in [-0.4, -0.2) is 36.8 Å². The van der Waals surface area contributed by atoms with E-state index >= 15 is 0 Å². The third-order valence-electron chi connectivity index (χ3n) is 3.43. The van der Waals surface area contributed by atoms with Gasteiger partial charge in [0.2, 0.25) is 11.8 Å². The van der Waals surface area contributed by atoms with Crippen LogP contribution in [0.4, 0.5) is 5.95 Å². The molecule has 1 aliphatic heterocycles. The second-order valence-electron chi connectivity index (χ2n) is 4.73. The summed E-state index contributed by atoms with van der Waals surface area (Å²) >= 11 is 6.25. The monoisotopic (exact) mass is 305 g/mol. The van der Waals surface area contributed by atoms with Crippen molar-refractivity contribution in [1.29, 1.82) is 0 Å². The van der Waals surface area contributed by atoms with Gasteiger partial charge in [0.15, 0.2) is 0 Å². The first kappa shape index (κ1) is 14.1. The Morgan fingerprint density at radius 3 is 3.00 bits per heavy atom. The number of aromatic nitrogens is 2. The van der Waals surface area contributed by atoms with E-state index in [1.54, 1.807) is 19.4 Å². The van der Waals surface area contributed by atoms with Gasteiger partial charge >= 0.3 is 0 Å². The molecule has 21 heavy (non-hydrogen) atoms. The second kappa shape index (κ2) is 6.28. The molecule has 1 saturated heterocycles. The Morgan fingerprint density at radius 1 is 1.33 bits per heavy atom. The minimum Gasteiger partial charge on any atom is -0.481 e. The van der Waals surface area contributed by atoms with Crippen molar-refractivity contribution >= 4 is 17.5 Å². The van der Waals surface area contributed by atoms with Crippen LogP contribution in [0.3, 0.4) is 0 Å². The van der Waals surface area contributed by atoms with Gasteiger partial charge in [-0.25, -0.2) is 4.98 Å². The molecule has 3 rings (SSSR count). The molecule has 0 bridgehead atoms. The quantitative estimate of drug-likeness (QED) is 0.872. The first-order chi connectivity index (χ1) is 10.3. The van der Waals surface area contributed by atoms with Crippen molar-refractivity contribution < 1.29 is 9.47 Å². The maximum Gasteiger partial charge on any atom is 0.228 e. The molecule has 2 heterocycles. The highest BCUT2D eigenvalue weighted by molar-refractivity contribution is 6.31. The van der Waals surface area contributed by atoms with E-state index in [4.69, 9.17) is 21.1 Å². The average Bonchev–Trinajstić information content (AvgIpc) is 2.55. The van der Waals surface area contributed by atoms with Crippen LogP contribution >= 0.6 is 11.6 Å². The van der Waals surface area contributed by atoms with Crippen LogP contribution in [0.25, 0.3) is 0 Å². The van der Waals surface area contributed by atoms with Crippen LogP contribution in [0.5, 0.6) is 5.88 Å². The van der Waals surface area contributed by atoms with Gasteiger partial charge in [0, 0.05) is 29.4 Å². The first-order valence-electron chi connectivity index (χ1n) is 6.76. The number of ether oxygens (including phenoxy) is 2. The summed E-state index contributed by atoms with van der Waals surface area (Å²) in [6.45, 7) is 2.02.